The van der Waals surface area contributed by atoms with Crippen LogP contribution in [0.15, 0.2) is 47.2 Å². The molecule has 0 saturated carbocycles. The zero-order chi connectivity index (χ0) is 16.8. The molecule has 0 aliphatic carbocycles. The number of carbonyl (C=O) groups is 3. The minimum Gasteiger partial charge on any atom is -0.452 e. The molecule has 6 nitrogen and oxygen atoms in total. The van der Waals surface area contributed by atoms with Gasteiger partial charge in [0.25, 0.3) is 5.91 Å². The van der Waals surface area contributed by atoms with E-state index in [2.05, 4.69) is 26.2 Å². The van der Waals surface area contributed by atoms with Gasteiger partial charge in [-0.2, -0.15) is 0 Å². The summed E-state index contributed by atoms with van der Waals surface area (Å²) < 4.78 is 5.55. The normalized spacial score (nSPS) is 10.0. The maximum Gasteiger partial charge on any atom is 0.340 e. The molecule has 1 aromatic heterocycles. The molecule has 1 N–H and O–H groups in total. The fourth-order valence-corrected chi connectivity index (χ4v) is 2.19. The molecule has 2 aromatic rings. The molecule has 2 rings (SSSR count). The van der Waals surface area contributed by atoms with Gasteiger partial charge in [-0.3, -0.25) is 14.6 Å². The first-order valence-electron chi connectivity index (χ1n) is 6.65. The lowest BCUT2D eigenvalue weighted by molar-refractivity contribution is -0.119. The third-order valence-corrected chi connectivity index (χ3v) is 3.29. The average molecular weight is 377 g/mol. The molecule has 0 bridgehead atoms. The molecule has 0 spiro atoms. The number of aromatic nitrogens is 1. The summed E-state index contributed by atoms with van der Waals surface area (Å²) in [6.45, 7) is 0.947. The molecule has 0 aliphatic rings. The fourth-order valence-electron chi connectivity index (χ4n) is 1.82. The van der Waals surface area contributed by atoms with Gasteiger partial charge in [-0.15, -0.1) is 0 Å². The Morgan fingerprint density at radius 1 is 1.22 bits per heavy atom. The number of nitrogens with zero attached hydrogens (tertiary/aromatic N) is 1. The van der Waals surface area contributed by atoms with Gasteiger partial charge in [0.1, 0.15) is 0 Å². The summed E-state index contributed by atoms with van der Waals surface area (Å²) in [6, 6.07) is 8.15. The van der Waals surface area contributed by atoms with Crippen LogP contribution in [0.25, 0.3) is 0 Å². The Bertz CT molecular complexity index is 761. The van der Waals surface area contributed by atoms with Gasteiger partial charge in [-0.25, -0.2) is 4.79 Å². The number of amides is 1. The Kier molecular flexibility index (Phi) is 5.59. The highest BCUT2D eigenvalue weighted by Gasteiger charge is 2.13. The van der Waals surface area contributed by atoms with E-state index in [-0.39, 0.29) is 11.3 Å². The molecular weight excluding hydrogens is 364 g/mol. The molecule has 0 fully saturated rings. The summed E-state index contributed by atoms with van der Waals surface area (Å²) in [5.74, 6) is -1.36. The Labute approximate surface area is 141 Å². The number of hydrogen-bond donors (Lipinski definition) is 1. The van der Waals surface area contributed by atoms with E-state index in [9.17, 15) is 14.4 Å². The van der Waals surface area contributed by atoms with Crippen LogP contribution >= 0.6 is 15.9 Å². The third-order valence-electron chi connectivity index (χ3n) is 2.86. The van der Waals surface area contributed by atoms with Gasteiger partial charge < -0.3 is 10.1 Å². The molecule has 0 unspecified atom stereocenters. The fraction of sp³-hybridized carbons (Fsp3) is 0.125. The zero-order valence-electron chi connectivity index (χ0n) is 12.2. The number of ketones is 1. The second kappa shape index (κ2) is 7.64. The van der Waals surface area contributed by atoms with E-state index in [1.165, 1.54) is 25.4 Å². The number of hydrogen-bond acceptors (Lipinski definition) is 5. The number of anilines is 1. The first-order chi connectivity index (χ1) is 11.0. The van der Waals surface area contributed by atoms with E-state index in [0.717, 1.165) is 0 Å². The van der Waals surface area contributed by atoms with E-state index < -0.39 is 18.5 Å². The lowest BCUT2D eigenvalue weighted by Gasteiger charge is -2.09. The van der Waals surface area contributed by atoms with Crippen molar-refractivity contribution in [2.45, 2.75) is 6.92 Å². The first-order valence-corrected chi connectivity index (χ1v) is 7.44. The van der Waals surface area contributed by atoms with Crippen molar-refractivity contribution < 1.29 is 19.1 Å². The highest BCUT2D eigenvalue weighted by atomic mass is 79.9. The van der Waals surface area contributed by atoms with Crippen molar-refractivity contribution in [3.8, 4) is 0 Å². The smallest absolute Gasteiger partial charge is 0.340 e. The van der Waals surface area contributed by atoms with Crippen molar-refractivity contribution in [1.29, 1.82) is 0 Å². The van der Waals surface area contributed by atoms with Crippen molar-refractivity contribution in [2.24, 2.45) is 0 Å². The maximum absolute atomic E-state index is 11.9. The highest BCUT2D eigenvalue weighted by Crippen LogP contribution is 2.15. The first kappa shape index (κ1) is 16.8. The summed E-state index contributed by atoms with van der Waals surface area (Å²) in [5, 5.41) is 2.55. The molecule has 1 amide bonds. The van der Waals surface area contributed by atoms with E-state index in [1.807, 2.05) is 0 Å². The zero-order valence-corrected chi connectivity index (χ0v) is 13.8. The Morgan fingerprint density at radius 3 is 2.65 bits per heavy atom. The molecule has 0 saturated heterocycles. The number of para-hydroxylation sites is 1. The van der Waals surface area contributed by atoms with Crippen molar-refractivity contribution in [2.75, 3.05) is 11.9 Å². The highest BCUT2D eigenvalue weighted by molar-refractivity contribution is 9.10. The van der Waals surface area contributed by atoms with Gasteiger partial charge in [0.15, 0.2) is 12.4 Å². The molecule has 0 radical (unpaired) electrons. The third kappa shape index (κ3) is 4.72. The van der Waals surface area contributed by atoms with Crippen LogP contribution in [0.5, 0.6) is 0 Å². The van der Waals surface area contributed by atoms with Crippen molar-refractivity contribution in [3.63, 3.8) is 0 Å². The molecule has 7 heteroatoms. The van der Waals surface area contributed by atoms with Crippen LogP contribution in [-0.2, 0) is 9.53 Å². The number of rotatable bonds is 5. The largest absolute Gasteiger partial charge is 0.452 e. The number of pyridine rings is 1. The standard InChI is InChI=1S/C16H13BrN2O4/c1-10(20)13-4-2-3-5-14(13)19-15(21)9-23-16(22)11-6-12(17)8-18-7-11/h2-8H,9H2,1H3,(H,19,21). The monoisotopic (exact) mass is 376 g/mol. The van der Waals surface area contributed by atoms with Gasteiger partial charge in [-0.05, 0) is 41.1 Å². The number of Topliss-reactive ketones (excluding diaryl/α,β-unsaturated/α-hetero) is 1. The van der Waals surface area contributed by atoms with Crippen molar-refractivity contribution in [3.05, 3.63) is 58.3 Å². The topological polar surface area (TPSA) is 85.4 Å². The number of halogens is 1. The minimum absolute atomic E-state index is 0.168. The molecule has 118 valence electrons. The van der Waals surface area contributed by atoms with E-state index >= 15 is 0 Å². The molecule has 23 heavy (non-hydrogen) atoms. The predicted octanol–water partition coefficient (Wildman–Crippen LogP) is 2.84. The van der Waals surface area contributed by atoms with Crippen LogP contribution in [0.2, 0.25) is 0 Å². The van der Waals surface area contributed by atoms with E-state index in [1.54, 1.807) is 24.3 Å². The second-order valence-electron chi connectivity index (χ2n) is 4.62. The van der Waals surface area contributed by atoms with Gasteiger partial charge in [0.05, 0.1) is 11.3 Å². The second-order valence-corrected chi connectivity index (χ2v) is 5.53. The number of benzene rings is 1. The van der Waals surface area contributed by atoms with Crippen LogP contribution < -0.4 is 5.32 Å². The number of nitrogens with one attached hydrogen (secondary N) is 1. The van der Waals surface area contributed by atoms with E-state index in [4.69, 9.17) is 4.74 Å². The Hall–Kier alpha value is -2.54. The van der Waals surface area contributed by atoms with Crippen LogP contribution in [-0.4, -0.2) is 29.3 Å². The Balaban J connectivity index is 1.96. The number of esters is 1. The van der Waals surface area contributed by atoms with Gasteiger partial charge >= 0.3 is 5.97 Å². The summed E-state index contributed by atoms with van der Waals surface area (Å²) in [7, 11) is 0. The lowest BCUT2D eigenvalue weighted by atomic mass is 10.1. The van der Waals surface area contributed by atoms with Crippen molar-refractivity contribution >= 4 is 39.3 Å². The summed E-state index contributed by atoms with van der Waals surface area (Å²) in [5.41, 5.74) is 1.00. The van der Waals surface area contributed by atoms with Gasteiger partial charge in [-0.1, -0.05) is 12.1 Å². The number of carbonyl (C=O) groups excluding carboxylic acids is 3. The Morgan fingerprint density at radius 2 is 1.96 bits per heavy atom. The SMILES string of the molecule is CC(=O)c1ccccc1NC(=O)COC(=O)c1cncc(Br)c1. The minimum atomic E-state index is -0.659. The quantitative estimate of drug-likeness (QED) is 0.640. The summed E-state index contributed by atoms with van der Waals surface area (Å²) in [4.78, 5) is 39.0. The average Bonchev–Trinajstić information content (AvgIpc) is 2.53. The maximum atomic E-state index is 11.9. The van der Waals surface area contributed by atoms with Crippen LogP contribution in [0.3, 0.4) is 0 Å². The van der Waals surface area contributed by atoms with Crippen molar-refractivity contribution in [1.82, 2.24) is 4.98 Å². The molecular formula is C16H13BrN2O4. The molecule has 0 aliphatic heterocycles. The van der Waals surface area contributed by atoms with Gasteiger partial charge in [0.2, 0.25) is 0 Å². The molecule has 1 heterocycles. The molecule has 1 aromatic carbocycles. The summed E-state index contributed by atoms with van der Waals surface area (Å²) in [6.07, 6.45) is 2.87. The van der Waals surface area contributed by atoms with Gasteiger partial charge in [0, 0.05) is 22.4 Å². The number of ether oxygens (including phenoxy) is 1. The van der Waals surface area contributed by atoms with E-state index in [0.29, 0.717) is 15.7 Å². The van der Waals surface area contributed by atoms with Crippen LogP contribution in [0.1, 0.15) is 27.6 Å². The summed E-state index contributed by atoms with van der Waals surface area (Å²) >= 11 is 3.19. The molecule has 0 atom stereocenters. The lowest BCUT2D eigenvalue weighted by Crippen LogP contribution is -2.22. The predicted molar refractivity (Wildman–Crippen MR) is 87.3 cm³/mol. The van der Waals surface area contributed by atoms with Crippen LogP contribution in [0.4, 0.5) is 5.69 Å². The van der Waals surface area contributed by atoms with Crippen LogP contribution in [0, 0.1) is 0 Å².